The summed E-state index contributed by atoms with van der Waals surface area (Å²) in [4.78, 5) is 0. The first-order valence-electron chi connectivity index (χ1n) is 10.5. The number of benzene rings is 4. The lowest BCUT2D eigenvalue weighted by Gasteiger charge is -2.10. The van der Waals surface area contributed by atoms with E-state index in [4.69, 9.17) is 15.3 Å². The van der Waals surface area contributed by atoms with Crippen molar-refractivity contribution in [3.63, 3.8) is 0 Å². The fourth-order valence-corrected chi connectivity index (χ4v) is 3.61. The van der Waals surface area contributed by atoms with Gasteiger partial charge < -0.3 is 4.74 Å². The van der Waals surface area contributed by atoms with Crippen molar-refractivity contribution in [1.29, 1.82) is 0 Å². The minimum absolute atomic E-state index is 0.568. The molecule has 3 heteroatoms. The average Bonchev–Trinajstić information content (AvgIpc) is 2.84. The van der Waals surface area contributed by atoms with Gasteiger partial charge in [0.2, 0.25) is 0 Å². The number of ether oxygens (including phenoxy) is 1. The number of allylic oxidation sites excluding steroid dienone is 1. The smallest absolute Gasteiger partial charge is 0.120 e. The van der Waals surface area contributed by atoms with E-state index in [1.54, 1.807) is 0 Å². The van der Waals surface area contributed by atoms with Crippen LogP contribution in [-0.4, -0.2) is 10.5 Å². The van der Waals surface area contributed by atoms with Gasteiger partial charge in [0.15, 0.2) is 0 Å². The summed E-state index contributed by atoms with van der Waals surface area (Å²) in [6.45, 7) is 2.79. The van der Waals surface area contributed by atoms with Gasteiger partial charge in [0.05, 0.1) is 0 Å². The Morgan fingerprint density at radius 3 is 2.29 bits per heavy atom. The van der Waals surface area contributed by atoms with E-state index in [0.29, 0.717) is 6.61 Å². The van der Waals surface area contributed by atoms with Crippen LogP contribution >= 0.6 is 0 Å². The fourth-order valence-electron chi connectivity index (χ4n) is 3.61. The van der Waals surface area contributed by atoms with Gasteiger partial charge in [0.1, 0.15) is 12.4 Å². The van der Waals surface area contributed by atoms with Gasteiger partial charge in [-0.15, -0.1) is 0 Å². The van der Waals surface area contributed by atoms with Crippen molar-refractivity contribution in [2.45, 2.75) is 26.4 Å². The molecule has 0 aliphatic heterocycles. The zero-order valence-corrected chi connectivity index (χ0v) is 17.7. The molecule has 4 aromatic rings. The van der Waals surface area contributed by atoms with E-state index in [-0.39, 0.29) is 0 Å². The number of hydrogen-bond acceptors (Lipinski definition) is 3. The Bertz CT molecular complexity index is 1120. The molecule has 4 rings (SSSR count). The van der Waals surface area contributed by atoms with Crippen LogP contribution in [0.5, 0.6) is 5.75 Å². The summed E-state index contributed by atoms with van der Waals surface area (Å²) in [5, 5.41) is 14.5. The Morgan fingerprint density at radius 2 is 1.52 bits per heavy atom. The van der Waals surface area contributed by atoms with Crippen molar-refractivity contribution in [1.82, 2.24) is 0 Å². The van der Waals surface area contributed by atoms with E-state index >= 15 is 0 Å². The van der Waals surface area contributed by atoms with Crippen molar-refractivity contribution in [2.24, 2.45) is 0 Å². The van der Waals surface area contributed by atoms with Crippen LogP contribution in [0.25, 0.3) is 22.4 Å². The fraction of sp³-hybridized carbons (Fsp3) is 0.143. The van der Waals surface area contributed by atoms with Gasteiger partial charge in [0.25, 0.3) is 0 Å². The third-order valence-corrected chi connectivity index (χ3v) is 5.08. The van der Waals surface area contributed by atoms with Crippen LogP contribution in [0.2, 0.25) is 0 Å². The van der Waals surface area contributed by atoms with Gasteiger partial charge in [-0.25, -0.2) is 0 Å². The van der Waals surface area contributed by atoms with Crippen molar-refractivity contribution in [3.05, 3.63) is 114 Å². The SMILES string of the molecule is CCC/C(=C\c1cccc(OCc2ccc3ccccc3c2)c1)c1ccccc1.OO. The molecule has 0 atom stereocenters. The van der Waals surface area contributed by atoms with Crippen LogP contribution in [0.15, 0.2) is 97.1 Å². The molecule has 31 heavy (non-hydrogen) atoms. The van der Waals surface area contributed by atoms with Crippen molar-refractivity contribution in [2.75, 3.05) is 0 Å². The Balaban J connectivity index is 0.00000132. The summed E-state index contributed by atoms with van der Waals surface area (Å²) in [6, 6.07) is 33.9. The molecule has 0 spiro atoms. The number of rotatable bonds is 7. The van der Waals surface area contributed by atoms with Gasteiger partial charge in [-0.2, -0.15) is 0 Å². The first kappa shape index (κ1) is 22.3. The Hall–Kier alpha value is -3.40. The number of fused-ring (bicyclic) bond motifs is 1. The summed E-state index contributed by atoms with van der Waals surface area (Å²) < 4.78 is 6.10. The van der Waals surface area contributed by atoms with Gasteiger partial charge in [0, 0.05) is 0 Å². The maximum absolute atomic E-state index is 6.10. The van der Waals surface area contributed by atoms with Crippen molar-refractivity contribution >= 4 is 22.4 Å². The van der Waals surface area contributed by atoms with Gasteiger partial charge >= 0.3 is 0 Å². The molecule has 0 aliphatic carbocycles. The molecule has 0 fully saturated rings. The van der Waals surface area contributed by atoms with Crippen LogP contribution in [0, 0.1) is 0 Å². The van der Waals surface area contributed by atoms with Crippen LogP contribution in [0.4, 0.5) is 0 Å². The Morgan fingerprint density at radius 1 is 0.774 bits per heavy atom. The lowest BCUT2D eigenvalue weighted by molar-refractivity contribution is -0.176. The molecule has 0 heterocycles. The topological polar surface area (TPSA) is 49.7 Å². The summed E-state index contributed by atoms with van der Waals surface area (Å²) in [5.41, 5.74) is 5.01. The molecule has 0 bridgehead atoms. The summed E-state index contributed by atoms with van der Waals surface area (Å²) in [5.74, 6) is 0.899. The molecular formula is C28H28O3. The summed E-state index contributed by atoms with van der Waals surface area (Å²) >= 11 is 0. The third-order valence-electron chi connectivity index (χ3n) is 5.08. The lowest BCUT2D eigenvalue weighted by atomic mass is 9.99. The summed E-state index contributed by atoms with van der Waals surface area (Å²) in [7, 11) is 0. The van der Waals surface area contributed by atoms with Crippen LogP contribution in [-0.2, 0) is 6.61 Å². The first-order chi connectivity index (χ1) is 15.3. The van der Waals surface area contributed by atoms with Crippen LogP contribution in [0.1, 0.15) is 36.5 Å². The third kappa shape index (κ3) is 6.29. The lowest BCUT2D eigenvalue weighted by Crippen LogP contribution is -1.95. The molecule has 0 aliphatic rings. The monoisotopic (exact) mass is 412 g/mol. The molecule has 3 nitrogen and oxygen atoms in total. The second-order valence-electron chi connectivity index (χ2n) is 7.33. The van der Waals surface area contributed by atoms with Crippen LogP contribution < -0.4 is 4.74 Å². The Kier molecular flexibility index (Phi) is 8.41. The van der Waals surface area contributed by atoms with Crippen molar-refractivity contribution < 1.29 is 15.3 Å². The zero-order valence-electron chi connectivity index (χ0n) is 17.7. The summed E-state index contributed by atoms with van der Waals surface area (Å²) in [6.07, 6.45) is 4.47. The van der Waals surface area contributed by atoms with Crippen molar-refractivity contribution in [3.8, 4) is 5.75 Å². The van der Waals surface area contributed by atoms with E-state index in [1.807, 2.05) is 6.07 Å². The number of hydrogen-bond donors (Lipinski definition) is 2. The minimum Gasteiger partial charge on any atom is -0.489 e. The highest BCUT2D eigenvalue weighted by Crippen LogP contribution is 2.25. The molecule has 2 N–H and O–H groups in total. The normalized spacial score (nSPS) is 11.0. The van der Waals surface area contributed by atoms with Gasteiger partial charge in [-0.05, 0) is 57.7 Å². The molecular weight excluding hydrogens is 384 g/mol. The van der Waals surface area contributed by atoms with Gasteiger partial charge in [-0.3, -0.25) is 10.5 Å². The molecule has 0 saturated heterocycles. The average molecular weight is 413 g/mol. The minimum atomic E-state index is 0.568. The van der Waals surface area contributed by atoms with E-state index < -0.39 is 0 Å². The molecule has 0 saturated carbocycles. The Labute approximate surface area is 183 Å². The standard InChI is InChI=1S/C28H26O.H2O2/c1-2-9-26(24-11-4-3-5-12-24)18-22-10-8-15-28(20-22)29-21-23-16-17-25-13-6-7-14-27(25)19-23;1-2/h3-8,10-20H,2,9,21H2,1H3;1-2H/b26-18+;. The highest BCUT2D eigenvalue weighted by atomic mass is 17.0. The highest BCUT2D eigenvalue weighted by molar-refractivity contribution is 5.83. The van der Waals surface area contributed by atoms with E-state index in [1.165, 1.54) is 33.0 Å². The van der Waals surface area contributed by atoms with E-state index in [2.05, 4.69) is 104 Å². The molecule has 0 unspecified atom stereocenters. The second-order valence-corrected chi connectivity index (χ2v) is 7.33. The second kappa shape index (κ2) is 11.7. The first-order valence-corrected chi connectivity index (χ1v) is 10.5. The quantitative estimate of drug-likeness (QED) is 0.185. The maximum atomic E-state index is 6.10. The predicted molar refractivity (Wildman–Crippen MR) is 129 cm³/mol. The largest absolute Gasteiger partial charge is 0.489 e. The molecule has 0 radical (unpaired) electrons. The van der Waals surface area contributed by atoms with Gasteiger partial charge in [-0.1, -0.05) is 98.3 Å². The van der Waals surface area contributed by atoms with Crippen LogP contribution in [0.3, 0.4) is 0 Å². The molecule has 4 aromatic carbocycles. The molecule has 0 aromatic heterocycles. The highest BCUT2D eigenvalue weighted by Gasteiger charge is 2.03. The molecule has 158 valence electrons. The predicted octanol–water partition coefficient (Wildman–Crippen LogP) is 7.78. The van der Waals surface area contributed by atoms with E-state index in [0.717, 1.165) is 18.6 Å². The zero-order chi connectivity index (χ0) is 21.9. The van der Waals surface area contributed by atoms with E-state index in [9.17, 15) is 0 Å². The molecule has 0 amide bonds. The maximum Gasteiger partial charge on any atom is 0.120 e.